The maximum absolute atomic E-state index is 12.5. The molecule has 0 radical (unpaired) electrons. The molecule has 1 aromatic heterocycles. The Kier molecular flexibility index (Phi) is 6.24. The van der Waals surface area contributed by atoms with Crippen molar-refractivity contribution in [1.29, 1.82) is 0 Å². The van der Waals surface area contributed by atoms with Crippen LogP contribution in [0.3, 0.4) is 0 Å². The lowest BCUT2D eigenvalue weighted by atomic mass is 10.00. The van der Waals surface area contributed by atoms with Crippen LogP contribution in [-0.4, -0.2) is 46.2 Å². The summed E-state index contributed by atoms with van der Waals surface area (Å²) in [6.45, 7) is 3.43. The van der Waals surface area contributed by atoms with Gasteiger partial charge in [0.25, 0.3) is 5.91 Å². The first-order valence-corrected chi connectivity index (χ1v) is 11.5. The lowest BCUT2D eigenvalue weighted by Crippen LogP contribution is -2.49. The van der Waals surface area contributed by atoms with E-state index in [2.05, 4.69) is 15.7 Å². The van der Waals surface area contributed by atoms with E-state index in [4.69, 9.17) is 4.74 Å². The highest BCUT2D eigenvalue weighted by Gasteiger charge is 2.47. The number of hydrazine groups is 1. The predicted molar refractivity (Wildman–Crippen MR) is 127 cm³/mol. The van der Waals surface area contributed by atoms with Crippen molar-refractivity contribution in [3.8, 4) is 16.9 Å². The van der Waals surface area contributed by atoms with Gasteiger partial charge in [0.05, 0.1) is 23.4 Å². The van der Waals surface area contributed by atoms with Crippen LogP contribution in [0.15, 0.2) is 59.6 Å². The number of rotatable bonds is 7. The molecule has 170 valence electrons. The van der Waals surface area contributed by atoms with Gasteiger partial charge < -0.3 is 10.1 Å². The molecule has 1 aliphatic rings. The van der Waals surface area contributed by atoms with Gasteiger partial charge in [-0.05, 0) is 42.7 Å². The Labute approximate surface area is 195 Å². The molecule has 4 rings (SSSR count). The highest BCUT2D eigenvalue weighted by atomic mass is 32.2. The van der Waals surface area contributed by atoms with Gasteiger partial charge in [0, 0.05) is 11.5 Å². The Bertz CT molecular complexity index is 1230. The summed E-state index contributed by atoms with van der Waals surface area (Å²) in [6, 6.07) is 16.9. The molecule has 0 saturated carbocycles. The number of pyridine rings is 1. The van der Waals surface area contributed by atoms with Gasteiger partial charge in [-0.25, -0.2) is 9.78 Å². The normalized spacial score (nSPS) is 17.8. The number of imide groups is 1. The molecule has 9 heteroatoms. The molecule has 8 nitrogen and oxygen atoms in total. The fraction of sp³-hybridized carbons (Fsp3) is 0.250. The molecule has 2 N–H and O–H groups in total. The first kappa shape index (κ1) is 22.6. The van der Waals surface area contributed by atoms with Crippen molar-refractivity contribution in [2.45, 2.75) is 30.8 Å². The Balaban J connectivity index is 1.56. The molecular formula is C24H24N4O4S. The van der Waals surface area contributed by atoms with E-state index < -0.39 is 23.4 Å². The third-order valence-electron chi connectivity index (χ3n) is 5.63. The Morgan fingerprint density at radius 3 is 2.61 bits per heavy atom. The predicted octanol–water partition coefficient (Wildman–Crippen LogP) is 3.75. The summed E-state index contributed by atoms with van der Waals surface area (Å²) in [5.74, 6) is -0.281. The Hall–Kier alpha value is -3.59. The number of methoxy groups -OCH3 is 1. The summed E-state index contributed by atoms with van der Waals surface area (Å²) in [6.07, 6.45) is 0.422. The largest absolute Gasteiger partial charge is 0.497 e. The second-order valence-electron chi connectivity index (χ2n) is 7.84. The number of amides is 4. The quantitative estimate of drug-likeness (QED) is 0.408. The van der Waals surface area contributed by atoms with Gasteiger partial charge in [-0.1, -0.05) is 49.0 Å². The van der Waals surface area contributed by atoms with E-state index in [0.717, 1.165) is 27.0 Å². The molecule has 1 fully saturated rings. The Morgan fingerprint density at radius 2 is 1.94 bits per heavy atom. The van der Waals surface area contributed by atoms with Crippen LogP contribution in [0, 0.1) is 0 Å². The number of benzene rings is 2. The standard InChI is InChI=1S/C24H24N4O4S/c1-4-24(2)22(30)28(23(31)26-24)27-20(29)14-33-21-13-18(15-8-6-5-7-9-15)17-11-10-16(32-3)12-19(17)25-21/h5-13H,4,14H2,1-3H3,(H,26,31)(H,27,29). The average molecular weight is 465 g/mol. The third-order valence-corrected chi connectivity index (χ3v) is 6.55. The van der Waals surface area contributed by atoms with Crippen LogP contribution in [0.4, 0.5) is 4.79 Å². The molecule has 0 spiro atoms. The van der Waals surface area contributed by atoms with Crippen molar-refractivity contribution in [3.05, 3.63) is 54.6 Å². The topological polar surface area (TPSA) is 101 Å². The summed E-state index contributed by atoms with van der Waals surface area (Å²) < 4.78 is 5.34. The van der Waals surface area contributed by atoms with Crippen LogP contribution in [0.2, 0.25) is 0 Å². The number of ether oxygens (including phenoxy) is 1. The molecule has 1 unspecified atom stereocenters. The van der Waals surface area contributed by atoms with Crippen molar-refractivity contribution in [2.24, 2.45) is 0 Å². The lowest BCUT2D eigenvalue weighted by molar-refractivity contribution is -0.137. The number of urea groups is 1. The molecule has 1 saturated heterocycles. The third kappa shape index (κ3) is 4.49. The minimum absolute atomic E-state index is 0.0173. The van der Waals surface area contributed by atoms with Crippen molar-refractivity contribution < 1.29 is 19.1 Å². The molecule has 33 heavy (non-hydrogen) atoms. The van der Waals surface area contributed by atoms with Crippen LogP contribution in [-0.2, 0) is 9.59 Å². The minimum Gasteiger partial charge on any atom is -0.497 e. The Morgan fingerprint density at radius 1 is 1.18 bits per heavy atom. The summed E-state index contributed by atoms with van der Waals surface area (Å²) in [5, 5.41) is 4.96. The molecule has 1 aliphatic heterocycles. The average Bonchev–Trinajstić information content (AvgIpc) is 3.05. The lowest BCUT2D eigenvalue weighted by Gasteiger charge is -2.19. The SMILES string of the molecule is CCC1(C)NC(=O)N(NC(=O)CSc2cc(-c3ccccc3)c3ccc(OC)cc3n2)C1=O. The number of hydrogen-bond acceptors (Lipinski definition) is 6. The summed E-state index contributed by atoms with van der Waals surface area (Å²) >= 11 is 1.22. The molecule has 1 atom stereocenters. The molecule has 0 bridgehead atoms. The minimum atomic E-state index is -1.01. The number of fused-ring (bicyclic) bond motifs is 1. The van der Waals surface area contributed by atoms with Crippen LogP contribution in [0.1, 0.15) is 20.3 Å². The summed E-state index contributed by atoms with van der Waals surface area (Å²) in [7, 11) is 1.60. The summed E-state index contributed by atoms with van der Waals surface area (Å²) in [4.78, 5) is 41.8. The first-order valence-electron chi connectivity index (χ1n) is 10.5. The molecule has 4 amide bonds. The van der Waals surface area contributed by atoms with E-state index >= 15 is 0 Å². The molecule has 3 aromatic rings. The number of hydrogen-bond donors (Lipinski definition) is 2. The number of carbonyl (C=O) groups excluding carboxylic acids is 3. The van der Waals surface area contributed by atoms with Gasteiger partial charge in [-0.15, -0.1) is 0 Å². The molecule has 2 aromatic carbocycles. The van der Waals surface area contributed by atoms with Gasteiger partial charge in [-0.3, -0.25) is 15.0 Å². The van der Waals surface area contributed by atoms with Gasteiger partial charge in [0.1, 0.15) is 11.3 Å². The van der Waals surface area contributed by atoms with E-state index in [9.17, 15) is 14.4 Å². The number of nitrogens with zero attached hydrogens (tertiary/aromatic N) is 2. The fourth-order valence-electron chi connectivity index (χ4n) is 3.56. The number of thioether (sulfide) groups is 1. The number of carbonyl (C=O) groups is 3. The summed E-state index contributed by atoms with van der Waals surface area (Å²) in [5.41, 5.74) is 4.15. The molecule has 0 aliphatic carbocycles. The highest BCUT2D eigenvalue weighted by molar-refractivity contribution is 7.99. The van der Waals surface area contributed by atoms with Crippen molar-refractivity contribution >= 4 is 40.5 Å². The second-order valence-corrected chi connectivity index (χ2v) is 8.83. The van der Waals surface area contributed by atoms with Crippen LogP contribution in [0.25, 0.3) is 22.0 Å². The van der Waals surface area contributed by atoms with Crippen LogP contribution in [0.5, 0.6) is 5.75 Å². The smallest absolute Gasteiger partial charge is 0.344 e. The first-order chi connectivity index (χ1) is 15.8. The zero-order chi connectivity index (χ0) is 23.6. The van der Waals surface area contributed by atoms with Gasteiger partial charge >= 0.3 is 6.03 Å². The van der Waals surface area contributed by atoms with E-state index in [1.54, 1.807) is 21.0 Å². The zero-order valence-corrected chi connectivity index (χ0v) is 19.4. The highest BCUT2D eigenvalue weighted by Crippen LogP contribution is 2.33. The van der Waals surface area contributed by atoms with E-state index in [0.29, 0.717) is 17.2 Å². The number of aromatic nitrogens is 1. The monoisotopic (exact) mass is 464 g/mol. The number of nitrogens with one attached hydrogen (secondary N) is 2. The van der Waals surface area contributed by atoms with Gasteiger partial charge in [-0.2, -0.15) is 5.01 Å². The van der Waals surface area contributed by atoms with Crippen molar-refractivity contribution in [3.63, 3.8) is 0 Å². The van der Waals surface area contributed by atoms with E-state index in [1.807, 2.05) is 54.6 Å². The fourth-order valence-corrected chi connectivity index (χ4v) is 4.27. The van der Waals surface area contributed by atoms with E-state index in [-0.39, 0.29) is 5.75 Å². The maximum Gasteiger partial charge on any atom is 0.344 e. The van der Waals surface area contributed by atoms with Gasteiger partial charge in [0.15, 0.2) is 0 Å². The van der Waals surface area contributed by atoms with Crippen LogP contribution < -0.4 is 15.5 Å². The van der Waals surface area contributed by atoms with E-state index in [1.165, 1.54) is 11.8 Å². The second kappa shape index (κ2) is 9.11. The van der Waals surface area contributed by atoms with Crippen molar-refractivity contribution in [2.75, 3.05) is 12.9 Å². The van der Waals surface area contributed by atoms with Crippen molar-refractivity contribution in [1.82, 2.24) is 20.7 Å². The maximum atomic E-state index is 12.5. The van der Waals surface area contributed by atoms with Gasteiger partial charge in [0.2, 0.25) is 5.91 Å². The zero-order valence-electron chi connectivity index (χ0n) is 18.5. The van der Waals surface area contributed by atoms with Crippen LogP contribution >= 0.6 is 11.8 Å². The molecule has 2 heterocycles. The molecular weight excluding hydrogens is 440 g/mol.